The van der Waals surface area contributed by atoms with Crippen molar-refractivity contribution in [1.82, 2.24) is 14.3 Å². The summed E-state index contributed by atoms with van der Waals surface area (Å²) in [7, 11) is 1.69. The van der Waals surface area contributed by atoms with Gasteiger partial charge in [0.05, 0.1) is 24.3 Å². The van der Waals surface area contributed by atoms with Crippen LogP contribution < -0.4 is 16.4 Å². The number of aromatic nitrogens is 3. The first-order valence-corrected chi connectivity index (χ1v) is 9.74. The molecule has 4 aromatic rings. The van der Waals surface area contributed by atoms with Crippen molar-refractivity contribution in [2.45, 2.75) is 5.92 Å². The molecule has 30 heavy (non-hydrogen) atoms. The van der Waals surface area contributed by atoms with Crippen molar-refractivity contribution in [2.24, 2.45) is 7.05 Å². The Balaban J connectivity index is 1.64. The lowest BCUT2D eigenvalue weighted by Crippen LogP contribution is -2.26. The molecule has 2 aromatic heterocycles. The van der Waals surface area contributed by atoms with Crippen LogP contribution in [-0.4, -0.2) is 27.6 Å². The summed E-state index contributed by atoms with van der Waals surface area (Å²) < 4.78 is 8.12. The number of ether oxygens (including phenoxy) is 1. The first kappa shape index (κ1) is 18.3. The summed E-state index contributed by atoms with van der Waals surface area (Å²) in [6.45, 7) is 1.46. The Bertz CT molecular complexity index is 1350. The van der Waals surface area contributed by atoms with E-state index in [-0.39, 0.29) is 11.1 Å². The van der Waals surface area contributed by atoms with E-state index in [0.717, 1.165) is 13.2 Å². The minimum Gasteiger partial charge on any atom is -0.380 e. The van der Waals surface area contributed by atoms with Crippen molar-refractivity contribution in [2.75, 3.05) is 18.5 Å². The Hall–Kier alpha value is -3.71. The molecular formula is C23H20N4O3. The Morgan fingerprint density at radius 3 is 2.37 bits per heavy atom. The number of rotatable bonds is 4. The number of fused-ring (bicyclic) bond motifs is 1. The van der Waals surface area contributed by atoms with E-state index in [1.165, 1.54) is 14.8 Å². The second-order valence-corrected chi connectivity index (χ2v) is 7.40. The Labute approximate surface area is 172 Å². The van der Waals surface area contributed by atoms with Crippen molar-refractivity contribution in [3.63, 3.8) is 0 Å². The molecule has 1 N–H and O–H groups in total. The molecule has 2 aromatic carbocycles. The largest absolute Gasteiger partial charge is 0.380 e. The van der Waals surface area contributed by atoms with E-state index < -0.39 is 0 Å². The van der Waals surface area contributed by atoms with Crippen LogP contribution in [0.3, 0.4) is 0 Å². The molecule has 7 nitrogen and oxygen atoms in total. The predicted molar refractivity (Wildman–Crippen MR) is 116 cm³/mol. The molecule has 0 amide bonds. The summed E-state index contributed by atoms with van der Waals surface area (Å²) in [5, 5.41) is 8.87. The molecule has 1 aliphatic rings. The van der Waals surface area contributed by atoms with Gasteiger partial charge in [-0.2, -0.15) is 4.68 Å². The third-order valence-corrected chi connectivity index (χ3v) is 5.43. The lowest BCUT2D eigenvalue weighted by Gasteiger charge is -2.26. The molecule has 1 saturated heterocycles. The normalized spacial score (nSPS) is 13.9. The molecule has 3 heterocycles. The summed E-state index contributed by atoms with van der Waals surface area (Å²) in [4.78, 5) is 25.6. The Kier molecular flexibility index (Phi) is 4.44. The van der Waals surface area contributed by atoms with E-state index in [1.807, 2.05) is 42.5 Å². The van der Waals surface area contributed by atoms with Gasteiger partial charge in [-0.3, -0.25) is 9.59 Å². The van der Waals surface area contributed by atoms with Gasteiger partial charge in [-0.25, -0.2) is 0 Å². The lowest BCUT2D eigenvalue weighted by atomic mass is 9.97. The summed E-state index contributed by atoms with van der Waals surface area (Å²) in [6, 6.07) is 18.5. The van der Waals surface area contributed by atoms with E-state index in [9.17, 15) is 9.59 Å². The molecule has 0 bridgehead atoms. The first-order chi connectivity index (χ1) is 14.6. The van der Waals surface area contributed by atoms with Crippen LogP contribution >= 0.6 is 0 Å². The molecule has 0 saturated carbocycles. The number of hydrogen-bond acceptors (Lipinski definition) is 5. The smallest absolute Gasteiger partial charge is 0.279 e. The second kappa shape index (κ2) is 7.27. The predicted octanol–water partition coefficient (Wildman–Crippen LogP) is 2.94. The zero-order valence-corrected chi connectivity index (χ0v) is 16.4. The third-order valence-electron chi connectivity index (χ3n) is 5.43. The van der Waals surface area contributed by atoms with E-state index in [4.69, 9.17) is 4.74 Å². The number of hydrogen-bond donors (Lipinski definition) is 1. The van der Waals surface area contributed by atoms with E-state index >= 15 is 0 Å². The number of benzene rings is 2. The van der Waals surface area contributed by atoms with Gasteiger partial charge in [0.1, 0.15) is 5.69 Å². The first-order valence-electron chi connectivity index (χ1n) is 9.74. The Morgan fingerprint density at radius 2 is 1.67 bits per heavy atom. The maximum absolute atomic E-state index is 13.1. The van der Waals surface area contributed by atoms with Crippen molar-refractivity contribution in [3.8, 4) is 5.69 Å². The number of pyridine rings is 1. The highest BCUT2D eigenvalue weighted by molar-refractivity contribution is 5.92. The quantitative estimate of drug-likeness (QED) is 0.570. The van der Waals surface area contributed by atoms with Crippen LogP contribution in [0.25, 0.3) is 16.5 Å². The molecule has 0 unspecified atom stereocenters. The second-order valence-electron chi connectivity index (χ2n) is 7.40. The number of nitrogens with one attached hydrogen (secondary N) is 1. The van der Waals surface area contributed by atoms with Gasteiger partial charge in [0.15, 0.2) is 5.82 Å². The highest BCUT2D eigenvalue weighted by Gasteiger charge is 2.20. The van der Waals surface area contributed by atoms with E-state index in [2.05, 4.69) is 10.4 Å². The number of aryl methyl sites for hydroxylation is 1. The fraction of sp³-hybridized carbons (Fsp3) is 0.174. The van der Waals surface area contributed by atoms with E-state index in [1.54, 1.807) is 31.4 Å². The van der Waals surface area contributed by atoms with Crippen molar-refractivity contribution < 1.29 is 4.74 Å². The standard InChI is InChI=1S/C23H20N4O3/c1-26-12-4-7-20(23(26)29)24-21-18-5-2-3-6-19(18)22(28)27(25-21)17-10-8-15(9-11-17)16-13-30-14-16/h2-12,16H,13-14H2,1H3,(H,24,25). The molecule has 0 atom stereocenters. The Morgan fingerprint density at radius 1 is 0.933 bits per heavy atom. The minimum atomic E-state index is -0.211. The molecule has 0 aliphatic carbocycles. The summed E-state index contributed by atoms with van der Waals surface area (Å²) >= 11 is 0. The van der Waals surface area contributed by atoms with Crippen molar-refractivity contribution in [1.29, 1.82) is 0 Å². The van der Waals surface area contributed by atoms with Crippen LogP contribution in [0.15, 0.2) is 76.4 Å². The van der Waals surface area contributed by atoms with Crippen LogP contribution in [-0.2, 0) is 11.8 Å². The van der Waals surface area contributed by atoms with Gasteiger partial charge in [0.2, 0.25) is 0 Å². The average molecular weight is 400 g/mol. The SMILES string of the molecule is Cn1cccc(Nc2nn(-c3ccc(C4COC4)cc3)c(=O)c3ccccc23)c1=O. The van der Waals surface area contributed by atoms with Crippen LogP contribution in [0.2, 0.25) is 0 Å². The zero-order chi connectivity index (χ0) is 20.7. The summed E-state index contributed by atoms with van der Waals surface area (Å²) in [5.41, 5.74) is 1.86. The molecule has 1 fully saturated rings. The van der Waals surface area contributed by atoms with Crippen LogP contribution in [0.1, 0.15) is 11.5 Å². The van der Waals surface area contributed by atoms with Gasteiger partial charge in [-0.05, 0) is 35.9 Å². The van der Waals surface area contributed by atoms with Gasteiger partial charge in [0, 0.05) is 24.5 Å². The maximum atomic E-state index is 13.1. The molecular weight excluding hydrogens is 380 g/mol. The van der Waals surface area contributed by atoms with Crippen molar-refractivity contribution >= 4 is 22.3 Å². The van der Waals surface area contributed by atoms with Gasteiger partial charge in [-0.15, -0.1) is 5.10 Å². The maximum Gasteiger partial charge on any atom is 0.279 e. The highest BCUT2D eigenvalue weighted by atomic mass is 16.5. The van der Waals surface area contributed by atoms with E-state index in [0.29, 0.717) is 33.9 Å². The highest BCUT2D eigenvalue weighted by Crippen LogP contribution is 2.25. The number of nitrogens with zero attached hydrogens (tertiary/aromatic N) is 3. The zero-order valence-electron chi connectivity index (χ0n) is 16.4. The van der Waals surface area contributed by atoms with Gasteiger partial charge in [-0.1, -0.05) is 30.3 Å². The minimum absolute atomic E-state index is 0.173. The third kappa shape index (κ3) is 3.09. The summed E-state index contributed by atoms with van der Waals surface area (Å²) in [6.07, 6.45) is 1.69. The van der Waals surface area contributed by atoms with Crippen LogP contribution in [0, 0.1) is 0 Å². The topological polar surface area (TPSA) is 78.2 Å². The monoisotopic (exact) mass is 400 g/mol. The average Bonchev–Trinajstić information content (AvgIpc) is 2.73. The fourth-order valence-corrected chi connectivity index (χ4v) is 3.59. The number of anilines is 2. The van der Waals surface area contributed by atoms with Gasteiger partial charge >= 0.3 is 0 Å². The van der Waals surface area contributed by atoms with Crippen LogP contribution in [0.4, 0.5) is 11.5 Å². The summed E-state index contributed by atoms with van der Waals surface area (Å²) in [5.74, 6) is 0.858. The molecule has 0 radical (unpaired) electrons. The molecule has 150 valence electrons. The van der Waals surface area contributed by atoms with Crippen molar-refractivity contribution in [3.05, 3.63) is 93.1 Å². The lowest BCUT2D eigenvalue weighted by molar-refractivity contribution is 0.00842. The molecule has 0 spiro atoms. The van der Waals surface area contributed by atoms with Crippen LogP contribution in [0.5, 0.6) is 0 Å². The molecule has 1 aliphatic heterocycles. The molecule has 7 heteroatoms. The van der Waals surface area contributed by atoms with Gasteiger partial charge in [0.25, 0.3) is 11.1 Å². The van der Waals surface area contributed by atoms with Gasteiger partial charge < -0.3 is 14.6 Å². The molecule has 5 rings (SSSR count). The fourth-order valence-electron chi connectivity index (χ4n) is 3.59.